The molecule has 1 aliphatic carbocycles. The molecule has 0 spiro atoms. The molecule has 2 aliphatic rings. The van der Waals surface area contributed by atoms with E-state index in [0.717, 1.165) is 25.8 Å². The second-order valence-electron chi connectivity index (χ2n) is 8.18. The second kappa shape index (κ2) is 9.65. The Balaban J connectivity index is 1.71. The Bertz CT molecular complexity index is 739. The first kappa shape index (κ1) is 21.7. The molecule has 0 unspecified atom stereocenters. The molecule has 1 aromatic carbocycles. The van der Waals surface area contributed by atoms with Gasteiger partial charge in [0.2, 0.25) is 5.91 Å². The van der Waals surface area contributed by atoms with Crippen molar-refractivity contribution >= 4 is 23.2 Å². The van der Waals surface area contributed by atoms with Gasteiger partial charge in [-0.15, -0.1) is 0 Å². The number of halogens is 1. The van der Waals surface area contributed by atoms with Crippen molar-refractivity contribution in [1.29, 1.82) is 0 Å². The summed E-state index contributed by atoms with van der Waals surface area (Å²) in [6.45, 7) is 5.97. The van der Waals surface area contributed by atoms with Gasteiger partial charge in [0.15, 0.2) is 0 Å². The van der Waals surface area contributed by atoms with E-state index in [1.54, 1.807) is 6.07 Å². The fourth-order valence-electron chi connectivity index (χ4n) is 3.84. The molecular formula is C21H31FN4O3. The Morgan fingerprint density at radius 2 is 2.17 bits per heavy atom. The minimum atomic E-state index is -0.579. The van der Waals surface area contributed by atoms with Crippen molar-refractivity contribution < 1.29 is 18.7 Å². The van der Waals surface area contributed by atoms with E-state index >= 15 is 0 Å². The first-order valence-electron chi connectivity index (χ1n) is 10.3. The van der Waals surface area contributed by atoms with Gasteiger partial charge in [-0.05, 0) is 37.0 Å². The smallest absolute Gasteiger partial charge is 0.253 e. The highest BCUT2D eigenvalue weighted by molar-refractivity contribution is 5.97. The number of morpholine rings is 1. The van der Waals surface area contributed by atoms with Crippen molar-refractivity contribution in [3.63, 3.8) is 0 Å². The van der Waals surface area contributed by atoms with Gasteiger partial charge in [-0.25, -0.2) is 4.39 Å². The number of nitrogens with one attached hydrogen (secondary N) is 1. The third-order valence-electron chi connectivity index (χ3n) is 5.55. The number of carbonyl (C=O) groups is 2. The molecule has 1 aromatic rings. The molecule has 2 amide bonds. The fourth-order valence-corrected chi connectivity index (χ4v) is 3.84. The normalized spacial score (nSPS) is 18.8. The molecule has 0 aromatic heterocycles. The number of hydrogen-bond acceptors (Lipinski definition) is 5. The summed E-state index contributed by atoms with van der Waals surface area (Å²) in [7, 11) is 0. The predicted molar refractivity (Wildman–Crippen MR) is 110 cm³/mol. The Morgan fingerprint density at radius 3 is 2.72 bits per heavy atom. The van der Waals surface area contributed by atoms with Crippen LogP contribution in [0.2, 0.25) is 0 Å². The van der Waals surface area contributed by atoms with Gasteiger partial charge in [0.1, 0.15) is 18.5 Å². The van der Waals surface area contributed by atoms with Gasteiger partial charge in [-0.2, -0.15) is 0 Å². The maximum absolute atomic E-state index is 14.7. The van der Waals surface area contributed by atoms with E-state index < -0.39 is 11.9 Å². The van der Waals surface area contributed by atoms with Crippen LogP contribution in [0, 0.1) is 11.7 Å². The van der Waals surface area contributed by atoms with Crippen LogP contribution >= 0.6 is 0 Å². The zero-order valence-electron chi connectivity index (χ0n) is 17.2. The molecular weight excluding hydrogens is 375 g/mol. The minimum absolute atomic E-state index is 0.00879. The van der Waals surface area contributed by atoms with Crippen molar-refractivity contribution in [3.8, 4) is 0 Å². The number of anilines is 2. The number of ether oxygens (including phenoxy) is 1. The standard InChI is InChI=1S/C21H31FN4O3/c1-14(2)12-26(15-4-3-5-15)19(11-23)21(28)24-18-7-6-16(10-17(18)22)25-8-9-29-13-20(25)27/h6-7,10,14-15,19H,3-5,8-9,11-13,23H2,1-2H3,(H,24,28)/t19-/m1/s1. The summed E-state index contributed by atoms with van der Waals surface area (Å²) in [4.78, 5) is 28.5. The van der Waals surface area contributed by atoms with Crippen molar-refractivity contribution in [1.82, 2.24) is 4.90 Å². The second-order valence-corrected chi connectivity index (χ2v) is 8.18. The number of rotatable bonds is 8. The topological polar surface area (TPSA) is 87.9 Å². The highest BCUT2D eigenvalue weighted by Crippen LogP contribution is 2.28. The molecule has 3 N–H and O–H groups in total. The Hall–Kier alpha value is -2.03. The average molecular weight is 407 g/mol. The summed E-state index contributed by atoms with van der Waals surface area (Å²) in [6, 6.07) is 4.26. The molecule has 0 radical (unpaired) electrons. The molecule has 3 rings (SSSR count). The first-order valence-corrected chi connectivity index (χ1v) is 10.3. The first-order chi connectivity index (χ1) is 13.9. The van der Waals surface area contributed by atoms with Crippen molar-refractivity contribution in [3.05, 3.63) is 24.0 Å². The average Bonchev–Trinajstić information content (AvgIpc) is 2.62. The fraction of sp³-hybridized carbons (Fsp3) is 0.619. The van der Waals surface area contributed by atoms with Crippen LogP contribution in [0.15, 0.2) is 18.2 Å². The maximum Gasteiger partial charge on any atom is 0.253 e. The number of carbonyl (C=O) groups excluding carboxylic acids is 2. The lowest BCUT2D eigenvalue weighted by Crippen LogP contribution is -2.55. The summed E-state index contributed by atoms with van der Waals surface area (Å²) in [5, 5.41) is 2.70. The van der Waals surface area contributed by atoms with E-state index in [-0.39, 0.29) is 30.7 Å². The van der Waals surface area contributed by atoms with E-state index in [1.165, 1.54) is 17.0 Å². The van der Waals surface area contributed by atoms with Crippen LogP contribution in [-0.2, 0) is 14.3 Å². The molecule has 29 heavy (non-hydrogen) atoms. The number of nitrogens with zero attached hydrogens (tertiary/aromatic N) is 2. The molecule has 7 nitrogen and oxygen atoms in total. The van der Waals surface area contributed by atoms with Crippen LogP contribution < -0.4 is 16.0 Å². The van der Waals surface area contributed by atoms with Crippen LogP contribution in [0.3, 0.4) is 0 Å². The van der Waals surface area contributed by atoms with Gasteiger partial charge in [-0.3, -0.25) is 14.5 Å². The van der Waals surface area contributed by atoms with Gasteiger partial charge < -0.3 is 20.7 Å². The maximum atomic E-state index is 14.7. The summed E-state index contributed by atoms with van der Waals surface area (Å²) in [5.41, 5.74) is 6.50. The van der Waals surface area contributed by atoms with E-state index in [9.17, 15) is 14.0 Å². The van der Waals surface area contributed by atoms with Crippen molar-refractivity contribution in [2.75, 3.05) is 43.1 Å². The molecule has 1 atom stereocenters. The summed E-state index contributed by atoms with van der Waals surface area (Å²) in [5.74, 6) is -0.681. The lowest BCUT2D eigenvalue weighted by molar-refractivity contribution is -0.125. The highest BCUT2D eigenvalue weighted by atomic mass is 19.1. The SMILES string of the molecule is CC(C)CN(C1CCC1)[C@H](CN)C(=O)Nc1ccc(N2CCOCC2=O)cc1F. The molecule has 1 heterocycles. The molecule has 2 fully saturated rings. The minimum Gasteiger partial charge on any atom is -0.370 e. The number of hydrogen-bond donors (Lipinski definition) is 2. The highest BCUT2D eigenvalue weighted by Gasteiger charge is 2.34. The van der Waals surface area contributed by atoms with Crippen molar-refractivity contribution in [2.45, 2.75) is 45.2 Å². The monoisotopic (exact) mass is 406 g/mol. The predicted octanol–water partition coefficient (Wildman–Crippen LogP) is 1.97. The van der Waals surface area contributed by atoms with E-state index in [4.69, 9.17) is 10.5 Å². The molecule has 1 saturated carbocycles. The largest absolute Gasteiger partial charge is 0.370 e. The number of benzene rings is 1. The van der Waals surface area contributed by atoms with E-state index in [2.05, 4.69) is 24.1 Å². The summed E-state index contributed by atoms with van der Waals surface area (Å²) < 4.78 is 19.8. The molecule has 1 saturated heterocycles. The van der Waals surface area contributed by atoms with Gasteiger partial charge >= 0.3 is 0 Å². The molecule has 160 valence electrons. The van der Waals surface area contributed by atoms with Gasteiger partial charge in [0.25, 0.3) is 5.91 Å². The van der Waals surface area contributed by atoms with Gasteiger partial charge in [0, 0.05) is 31.4 Å². The van der Waals surface area contributed by atoms with Crippen molar-refractivity contribution in [2.24, 2.45) is 11.7 Å². The zero-order valence-corrected chi connectivity index (χ0v) is 17.2. The Kier molecular flexibility index (Phi) is 7.21. The number of nitrogens with two attached hydrogens (primary N) is 1. The van der Waals surface area contributed by atoms with Gasteiger partial charge in [-0.1, -0.05) is 20.3 Å². The number of amides is 2. The quantitative estimate of drug-likeness (QED) is 0.689. The molecule has 0 bridgehead atoms. The third kappa shape index (κ3) is 5.12. The van der Waals surface area contributed by atoms with Crippen LogP contribution in [-0.4, -0.2) is 61.6 Å². The van der Waals surface area contributed by atoms with E-state index in [1.807, 2.05) is 0 Å². The van der Waals surface area contributed by atoms with Gasteiger partial charge in [0.05, 0.1) is 12.3 Å². The Morgan fingerprint density at radius 1 is 1.41 bits per heavy atom. The molecule has 8 heteroatoms. The van der Waals surface area contributed by atoms with Crippen LogP contribution in [0.25, 0.3) is 0 Å². The van der Waals surface area contributed by atoms with Crippen LogP contribution in [0.5, 0.6) is 0 Å². The lowest BCUT2D eigenvalue weighted by Gasteiger charge is -2.42. The van der Waals surface area contributed by atoms with Crippen LogP contribution in [0.4, 0.5) is 15.8 Å². The third-order valence-corrected chi connectivity index (χ3v) is 5.55. The van der Waals surface area contributed by atoms with Crippen LogP contribution in [0.1, 0.15) is 33.1 Å². The van der Waals surface area contributed by atoms with E-state index in [0.29, 0.717) is 30.8 Å². The zero-order chi connectivity index (χ0) is 21.0. The summed E-state index contributed by atoms with van der Waals surface area (Å²) >= 11 is 0. The molecule has 1 aliphatic heterocycles. The summed E-state index contributed by atoms with van der Waals surface area (Å²) in [6.07, 6.45) is 3.29. The lowest BCUT2D eigenvalue weighted by atomic mass is 9.89. The Labute approximate surface area is 171 Å².